The average molecular weight is 741 g/mol. The number of carbonyl (C=O) groups is 4. The molecule has 0 radical (unpaired) electrons. The van der Waals surface area contributed by atoms with Crippen molar-refractivity contribution in [2.45, 2.75) is 142 Å². The third-order valence-corrected chi connectivity index (χ3v) is 19.0. The molecule has 0 saturated carbocycles. The highest BCUT2D eigenvalue weighted by Crippen LogP contribution is 2.45. The summed E-state index contributed by atoms with van der Waals surface area (Å²) in [6.45, 7) is 28.1. The van der Waals surface area contributed by atoms with Gasteiger partial charge in [0.25, 0.3) is 0 Å². The summed E-state index contributed by atoms with van der Waals surface area (Å²) in [5.41, 5.74) is 0.824. The zero-order valence-electron chi connectivity index (χ0n) is 32.4. The summed E-state index contributed by atoms with van der Waals surface area (Å²) in [6.07, 6.45) is 0.373. The standard InChI is InChI=1S/C35H60N2O9SSi2/c1-16-17-22-26(45-48(12,13)34(5,6)7)18-27(46-49(14,15)35(8,9)10)23-20-47-21-25(30(39)42-11)36-29(38)24(19-43-31(40)28(22)23)37-32(41)44-33(2,3)4/h18,24-25H,16-17,19-21H2,1-15H3,(H,36,38)(H,37,41)/t24-,25-/m0/s1. The number of fused-ring (bicyclic) bond motifs is 1. The molecule has 1 heterocycles. The molecule has 0 aromatic heterocycles. The molecule has 2 atom stereocenters. The Morgan fingerprint density at radius 3 is 2.00 bits per heavy atom. The van der Waals surface area contributed by atoms with Gasteiger partial charge < -0.3 is 33.7 Å². The Morgan fingerprint density at radius 2 is 1.51 bits per heavy atom. The molecule has 0 spiro atoms. The van der Waals surface area contributed by atoms with Crippen LogP contribution in [0.5, 0.6) is 11.5 Å². The Morgan fingerprint density at radius 1 is 0.959 bits per heavy atom. The maximum atomic E-state index is 14.4. The number of thioether (sulfide) groups is 1. The van der Waals surface area contributed by atoms with E-state index in [4.69, 9.17) is 23.1 Å². The minimum absolute atomic E-state index is 0.125. The highest BCUT2D eigenvalue weighted by Gasteiger charge is 2.43. The van der Waals surface area contributed by atoms with Crippen molar-refractivity contribution in [3.63, 3.8) is 0 Å². The van der Waals surface area contributed by atoms with Crippen LogP contribution in [0.25, 0.3) is 0 Å². The van der Waals surface area contributed by atoms with Crippen LogP contribution in [0.1, 0.15) is 97.1 Å². The van der Waals surface area contributed by atoms with Gasteiger partial charge in [0.05, 0.1) is 12.7 Å². The van der Waals surface area contributed by atoms with Crippen LogP contribution in [-0.4, -0.2) is 77.7 Å². The Balaban J connectivity index is 2.89. The number of nitrogens with one attached hydrogen (secondary N) is 2. The monoisotopic (exact) mass is 740 g/mol. The summed E-state index contributed by atoms with van der Waals surface area (Å²) in [5, 5.41) is 4.89. The van der Waals surface area contributed by atoms with Gasteiger partial charge in [0, 0.05) is 28.7 Å². The second-order valence-electron chi connectivity index (χ2n) is 16.6. The van der Waals surface area contributed by atoms with E-state index in [9.17, 15) is 19.2 Å². The van der Waals surface area contributed by atoms with Gasteiger partial charge in [-0.05, 0) is 63.5 Å². The van der Waals surface area contributed by atoms with Crippen molar-refractivity contribution in [1.29, 1.82) is 0 Å². The molecule has 14 heteroatoms. The van der Waals surface area contributed by atoms with Crippen LogP contribution in [0.2, 0.25) is 36.3 Å². The van der Waals surface area contributed by atoms with Crippen LogP contribution in [0.15, 0.2) is 6.07 Å². The first-order chi connectivity index (χ1) is 22.2. The number of hydrogen-bond donors (Lipinski definition) is 2. The van der Waals surface area contributed by atoms with Gasteiger partial charge in [0.15, 0.2) is 0 Å². The number of methoxy groups -OCH3 is 1. The van der Waals surface area contributed by atoms with Crippen molar-refractivity contribution >= 4 is 52.3 Å². The van der Waals surface area contributed by atoms with Crippen LogP contribution in [0.3, 0.4) is 0 Å². The summed E-state index contributed by atoms with van der Waals surface area (Å²) in [5.74, 6) is -0.475. The molecule has 0 bridgehead atoms. The van der Waals surface area contributed by atoms with Gasteiger partial charge in [0.2, 0.25) is 22.5 Å². The van der Waals surface area contributed by atoms with Crippen molar-refractivity contribution in [2.24, 2.45) is 0 Å². The molecular formula is C35H60N2O9SSi2. The van der Waals surface area contributed by atoms with Crippen LogP contribution in [-0.2, 0) is 36.0 Å². The summed E-state index contributed by atoms with van der Waals surface area (Å²) in [4.78, 5) is 53.4. The predicted molar refractivity (Wildman–Crippen MR) is 200 cm³/mol. The molecule has 1 aliphatic rings. The topological polar surface area (TPSA) is 138 Å². The van der Waals surface area contributed by atoms with Crippen LogP contribution in [0, 0.1) is 0 Å². The second-order valence-corrected chi connectivity index (χ2v) is 27.1. The highest BCUT2D eigenvalue weighted by atomic mass is 32.2. The number of amides is 2. The molecule has 2 amide bonds. The van der Waals surface area contributed by atoms with Crippen molar-refractivity contribution in [1.82, 2.24) is 10.6 Å². The van der Waals surface area contributed by atoms with Crippen LogP contribution >= 0.6 is 11.8 Å². The van der Waals surface area contributed by atoms with E-state index >= 15 is 0 Å². The van der Waals surface area contributed by atoms with Crippen molar-refractivity contribution in [3.05, 3.63) is 22.8 Å². The third kappa shape index (κ3) is 11.4. The number of hydrogen-bond acceptors (Lipinski definition) is 10. The van der Waals surface area contributed by atoms with E-state index < -0.39 is 64.9 Å². The van der Waals surface area contributed by atoms with Crippen molar-refractivity contribution < 1.29 is 42.2 Å². The van der Waals surface area contributed by atoms with E-state index in [0.717, 1.165) is 6.42 Å². The lowest BCUT2D eigenvalue weighted by Crippen LogP contribution is -2.55. The van der Waals surface area contributed by atoms with Gasteiger partial charge in [-0.1, -0.05) is 54.9 Å². The minimum atomic E-state index is -2.44. The van der Waals surface area contributed by atoms with Crippen LogP contribution in [0.4, 0.5) is 4.79 Å². The van der Waals surface area contributed by atoms with E-state index in [-0.39, 0.29) is 21.6 Å². The summed E-state index contributed by atoms with van der Waals surface area (Å²) < 4.78 is 30.2. The molecule has 278 valence electrons. The van der Waals surface area contributed by atoms with Gasteiger partial charge in [0.1, 0.15) is 35.8 Å². The Labute approximate surface area is 299 Å². The summed E-state index contributed by atoms with van der Waals surface area (Å²) >= 11 is 1.35. The minimum Gasteiger partial charge on any atom is -0.543 e. The summed E-state index contributed by atoms with van der Waals surface area (Å²) in [6, 6.07) is -0.454. The fourth-order valence-electron chi connectivity index (χ4n) is 4.37. The van der Waals surface area contributed by atoms with E-state index in [2.05, 4.69) is 78.4 Å². The number of alkyl carbamates (subject to hydrolysis) is 1. The molecule has 0 unspecified atom stereocenters. The Kier molecular flexibility index (Phi) is 13.9. The molecular weight excluding hydrogens is 681 g/mol. The predicted octanol–water partition coefficient (Wildman–Crippen LogP) is 7.36. The number of ether oxygens (including phenoxy) is 3. The van der Waals surface area contributed by atoms with Gasteiger partial charge in [-0.25, -0.2) is 14.4 Å². The maximum Gasteiger partial charge on any atom is 0.408 e. The molecule has 0 saturated heterocycles. The maximum absolute atomic E-state index is 14.4. The average Bonchev–Trinajstić information content (AvgIpc) is 2.92. The summed E-state index contributed by atoms with van der Waals surface area (Å²) in [7, 11) is -3.60. The SMILES string of the molecule is CCCc1c(O[Si](C)(C)C(C)(C)C)cc(O[Si](C)(C)C(C)(C)C)c2c1C(=O)OC[C@H](NC(=O)OC(C)(C)C)C(=O)N[C@H](C(=O)OC)CSC2. The first kappa shape index (κ1) is 42.5. The second kappa shape index (κ2) is 16.1. The molecule has 2 N–H and O–H groups in total. The fourth-order valence-corrected chi connectivity index (χ4v) is 7.51. The lowest BCUT2D eigenvalue weighted by atomic mass is 9.96. The number of carbonyl (C=O) groups excluding carboxylic acids is 4. The molecule has 0 aliphatic carbocycles. The van der Waals surface area contributed by atoms with Crippen molar-refractivity contribution in [3.8, 4) is 11.5 Å². The molecule has 1 aliphatic heterocycles. The normalized spacial score (nSPS) is 18.5. The molecule has 0 fully saturated rings. The quantitative estimate of drug-likeness (QED) is 0.158. The molecule has 49 heavy (non-hydrogen) atoms. The van der Waals surface area contributed by atoms with E-state index in [1.54, 1.807) is 20.8 Å². The van der Waals surface area contributed by atoms with Crippen LogP contribution < -0.4 is 19.5 Å². The zero-order chi connectivity index (χ0) is 37.8. The van der Waals surface area contributed by atoms with Gasteiger partial charge >= 0.3 is 18.0 Å². The number of cyclic esters (lactones) is 1. The largest absolute Gasteiger partial charge is 0.543 e. The van der Waals surface area contributed by atoms with Gasteiger partial charge in [-0.15, -0.1) is 0 Å². The zero-order valence-corrected chi connectivity index (χ0v) is 35.2. The molecule has 1 aromatic carbocycles. The van der Waals surface area contributed by atoms with Gasteiger partial charge in [-0.3, -0.25) is 4.79 Å². The lowest BCUT2D eigenvalue weighted by molar-refractivity contribution is -0.144. The number of esters is 2. The molecule has 2 rings (SSSR count). The van der Waals surface area contributed by atoms with Crippen molar-refractivity contribution in [2.75, 3.05) is 19.5 Å². The first-order valence-electron chi connectivity index (χ1n) is 16.9. The smallest absolute Gasteiger partial charge is 0.408 e. The van der Waals surface area contributed by atoms with Gasteiger partial charge in [-0.2, -0.15) is 11.8 Å². The van der Waals surface area contributed by atoms with E-state index in [0.29, 0.717) is 34.6 Å². The number of rotatable bonds is 8. The van der Waals surface area contributed by atoms with E-state index in [1.165, 1.54) is 18.9 Å². The Bertz CT molecular complexity index is 1380. The lowest BCUT2D eigenvalue weighted by Gasteiger charge is -2.39. The number of benzene rings is 1. The highest BCUT2D eigenvalue weighted by molar-refractivity contribution is 7.98. The van der Waals surface area contributed by atoms with E-state index in [1.807, 2.05) is 13.0 Å². The molecule has 11 nitrogen and oxygen atoms in total. The fraction of sp³-hybridized carbons (Fsp3) is 0.714. The third-order valence-electron chi connectivity index (χ3n) is 9.23. The Hall–Kier alpha value is -2.72. The molecule has 1 aromatic rings. The first-order valence-corrected chi connectivity index (χ1v) is 23.9.